The molecule has 1 heterocycles. The molecule has 0 saturated carbocycles. The summed E-state index contributed by atoms with van der Waals surface area (Å²) in [6.45, 7) is 7.23. The van der Waals surface area contributed by atoms with Crippen LogP contribution in [0.15, 0.2) is 30.5 Å². The topological polar surface area (TPSA) is 122 Å². The summed E-state index contributed by atoms with van der Waals surface area (Å²) in [7, 11) is 1.35. The number of carbonyl (C=O) groups excluding carboxylic acids is 3. The molecule has 1 aromatic heterocycles. The molecule has 0 aliphatic heterocycles. The summed E-state index contributed by atoms with van der Waals surface area (Å²) in [5.41, 5.74) is -0.213. The number of pyridine rings is 1. The lowest BCUT2D eigenvalue weighted by atomic mass is 10.0. The van der Waals surface area contributed by atoms with Crippen molar-refractivity contribution in [3.63, 3.8) is 0 Å². The van der Waals surface area contributed by atoms with Crippen molar-refractivity contribution >= 4 is 17.8 Å². The van der Waals surface area contributed by atoms with Gasteiger partial charge in [0.15, 0.2) is 28.8 Å². The Morgan fingerprint density at radius 3 is 2.35 bits per heavy atom. The van der Waals surface area contributed by atoms with E-state index in [-0.39, 0.29) is 28.9 Å². The normalized spacial score (nSPS) is 13.2. The van der Waals surface area contributed by atoms with E-state index in [9.17, 15) is 23.2 Å². The molecule has 37 heavy (non-hydrogen) atoms. The lowest BCUT2D eigenvalue weighted by Gasteiger charge is -2.29. The third kappa shape index (κ3) is 8.29. The first-order valence-corrected chi connectivity index (χ1v) is 11.4. The summed E-state index contributed by atoms with van der Waals surface area (Å²) in [4.78, 5) is 40.7. The van der Waals surface area contributed by atoms with Gasteiger partial charge in [0.05, 0.1) is 7.11 Å². The molecule has 0 bridgehead atoms. The molecule has 0 saturated heterocycles. The van der Waals surface area contributed by atoms with Crippen LogP contribution in [0.4, 0.5) is 8.78 Å². The minimum absolute atomic E-state index is 0.0901. The summed E-state index contributed by atoms with van der Waals surface area (Å²) in [5, 5.41) is 2.47. The molecule has 0 aliphatic carbocycles. The maximum atomic E-state index is 14.0. The number of benzene rings is 1. The Balaban J connectivity index is 2.10. The first-order chi connectivity index (χ1) is 17.4. The maximum absolute atomic E-state index is 14.0. The quantitative estimate of drug-likeness (QED) is 0.329. The van der Waals surface area contributed by atoms with E-state index in [1.54, 1.807) is 20.8 Å². The maximum Gasteiger partial charge on any atom is 0.328 e. The predicted octanol–water partition coefficient (Wildman–Crippen LogP) is 3.42. The van der Waals surface area contributed by atoms with Crippen LogP contribution < -0.4 is 19.5 Å². The molecule has 1 N–H and O–H groups in total. The first-order valence-electron chi connectivity index (χ1n) is 11.4. The van der Waals surface area contributed by atoms with Crippen molar-refractivity contribution < 1.29 is 46.8 Å². The van der Waals surface area contributed by atoms with E-state index in [1.165, 1.54) is 33.2 Å². The fourth-order valence-corrected chi connectivity index (χ4v) is 3.24. The average Bonchev–Trinajstić information content (AvgIpc) is 2.83. The number of hydrogen-bond acceptors (Lipinski definition) is 9. The van der Waals surface area contributed by atoms with Gasteiger partial charge in [-0.2, -0.15) is 0 Å². The summed E-state index contributed by atoms with van der Waals surface area (Å²) in [6, 6.07) is 3.20. The van der Waals surface area contributed by atoms with Gasteiger partial charge in [0.25, 0.3) is 5.91 Å². The number of ether oxygens (including phenoxy) is 5. The molecular formula is C25H30F2N2O8. The molecule has 0 spiro atoms. The number of halogens is 2. The van der Waals surface area contributed by atoms with Crippen molar-refractivity contribution in [3.8, 4) is 17.2 Å². The van der Waals surface area contributed by atoms with E-state index in [4.69, 9.17) is 23.7 Å². The molecule has 2 aromatic rings. The molecular weight excluding hydrogens is 494 g/mol. The molecule has 1 unspecified atom stereocenters. The third-order valence-corrected chi connectivity index (χ3v) is 5.05. The minimum atomic E-state index is -1.13. The van der Waals surface area contributed by atoms with Crippen LogP contribution in [0.5, 0.6) is 17.2 Å². The molecule has 3 atom stereocenters. The fraction of sp³-hybridized carbons (Fsp3) is 0.440. The SMILES string of the molecule is COc1ccnc(C(=O)N[C@@H](C)C(=O)OC(C(C)C)[C@H](C)Oc2ccc(F)cc2F)c1OCOC(C)=O. The largest absolute Gasteiger partial charge is 0.493 e. The summed E-state index contributed by atoms with van der Waals surface area (Å²) in [5.74, 6) is -4.17. The number of nitrogens with zero attached hydrogens (tertiary/aromatic N) is 1. The van der Waals surface area contributed by atoms with Crippen molar-refractivity contribution in [2.45, 2.75) is 52.9 Å². The van der Waals surface area contributed by atoms with Gasteiger partial charge in [-0.3, -0.25) is 9.59 Å². The molecule has 1 amide bonds. The van der Waals surface area contributed by atoms with Crippen LogP contribution >= 0.6 is 0 Å². The second kappa shape index (κ2) is 13.4. The molecule has 0 fully saturated rings. The van der Waals surface area contributed by atoms with Crippen LogP contribution in [0.1, 0.15) is 45.1 Å². The predicted molar refractivity (Wildman–Crippen MR) is 126 cm³/mol. The monoisotopic (exact) mass is 524 g/mol. The van der Waals surface area contributed by atoms with Crippen molar-refractivity contribution in [1.82, 2.24) is 10.3 Å². The van der Waals surface area contributed by atoms with Gasteiger partial charge in [-0.05, 0) is 31.9 Å². The van der Waals surface area contributed by atoms with Gasteiger partial charge in [-0.1, -0.05) is 13.8 Å². The highest BCUT2D eigenvalue weighted by molar-refractivity contribution is 5.98. The zero-order chi connectivity index (χ0) is 27.7. The van der Waals surface area contributed by atoms with Crippen molar-refractivity contribution in [1.29, 1.82) is 0 Å². The Morgan fingerprint density at radius 2 is 1.76 bits per heavy atom. The lowest BCUT2D eigenvalue weighted by molar-refractivity contribution is -0.158. The van der Waals surface area contributed by atoms with E-state index < -0.39 is 54.5 Å². The van der Waals surface area contributed by atoms with Gasteiger partial charge < -0.3 is 29.0 Å². The second-order valence-corrected chi connectivity index (χ2v) is 8.33. The third-order valence-electron chi connectivity index (χ3n) is 5.05. The van der Waals surface area contributed by atoms with Gasteiger partial charge >= 0.3 is 11.9 Å². The Kier molecular flexibility index (Phi) is 10.6. The van der Waals surface area contributed by atoms with Crippen molar-refractivity contribution in [2.24, 2.45) is 5.92 Å². The molecule has 2 rings (SSSR count). The number of amides is 1. The molecule has 12 heteroatoms. The second-order valence-electron chi connectivity index (χ2n) is 8.33. The first kappa shape index (κ1) is 29.3. The Bertz CT molecular complexity index is 1110. The van der Waals surface area contributed by atoms with E-state index in [0.717, 1.165) is 12.1 Å². The van der Waals surface area contributed by atoms with E-state index >= 15 is 0 Å². The van der Waals surface area contributed by atoms with Crippen molar-refractivity contribution in [2.75, 3.05) is 13.9 Å². The smallest absolute Gasteiger partial charge is 0.328 e. The number of rotatable bonds is 12. The molecule has 1 aromatic carbocycles. The van der Waals surface area contributed by atoms with E-state index in [0.29, 0.717) is 6.07 Å². The highest BCUT2D eigenvalue weighted by atomic mass is 19.1. The van der Waals surface area contributed by atoms with Gasteiger partial charge in [-0.15, -0.1) is 0 Å². The van der Waals surface area contributed by atoms with Crippen molar-refractivity contribution in [3.05, 3.63) is 47.8 Å². The number of esters is 2. The van der Waals surface area contributed by atoms with E-state index in [2.05, 4.69) is 10.3 Å². The number of hydrogen-bond donors (Lipinski definition) is 1. The number of nitrogens with one attached hydrogen (secondary N) is 1. The number of methoxy groups -OCH3 is 1. The van der Waals surface area contributed by atoms with Crippen LogP contribution in [-0.4, -0.2) is 55.0 Å². The van der Waals surface area contributed by atoms with Gasteiger partial charge in [0.2, 0.25) is 6.79 Å². The van der Waals surface area contributed by atoms with E-state index in [1.807, 2.05) is 0 Å². The molecule has 0 aliphatic rings. The average molecular weight is 525 g/mol. The van der Waals surface area contributed by atoms with Crippen LogP contribution in [0.3, 0.4) is 0 Å². The van der Waals surface area contributed by atoms with Crippen LogP contribution in [-0.2, 0) is 19.1 Å². The van der Waals surface area contributed by atoms with Crippen LogP contribution in [0.25, 0.3) is 0 Å². The minimum Gasteiger partial charge on any atom is -0.493 e. The zero-order valence-corrected chi connectivity index (χ0v) is 21.4. The molecule has 10 nitrogen and oxygen atoms in total. The van der Waals surface area contributed by atoms with Gasteiger partial charge in [0, 0.05) is 25.3 Å². The Labute approximate surface area is 213 Å². The summed E-state index contributed by atoms with van der Waals surface area (Å²) < 4.78 is 53.6. The number of carbonyl (C=O) groups is 3. The highest BCUT2D eigenvalue weighted by Crippen LogP contribution is 2.29. The Morgan fingerprint density at radius 1 is 1.05 bits per heavy atom. The van der Waals surface area contributed by atoms with Gasteiger partial charge in [0.1, 0.15) is 24.1 Å². The number of aromatic nitrogens is 1. The standard InChI is InChI=1S/C25H30F2N2O8/c1-13(2)22(15(4)36-19-8-7-17(26)11-18(19)27)37-25(32)14(3)29-24(31)21-23(35-12-34-16(5)30)20(33-6)9-10-28-21/h7-11,13-15,22H,12H2,1-6H3,(H,29,31)/t14-,15-,22?/m0/s1. The summed E-state index contributed by atoms with van der Waals surface area (Å²) in [6.07, 6.45) is -0.320. The Hall–Kier alpha value is -3.96. The van der Waals surface area contributed by atoms with Crippen LogP contribution in [0, 0.1) is 17.6 Å². The molecule has 0 radical (unpaired) electrons. The zero-order valence-electron chi connectivity index (χ0n) is 21.4. The molecule has 202 valence electrons. The van der Waals surface area contributed by atoms with Gasteiger partial charge in [-0.25, -0.2) is 18.6 Å². The highest BCUT2D eigenvalue weighted by Gasteiger charge is 2.31. The fourth-order valence-electron chi connectivity index (χ4n) is 3.24. The van der Waals surface area contributed by atoms with Crippen LogP contribution in [0.2, 0.25) is 0 Å². The summed E-state index contributed by atoms with van der Waals surface area (Å²) >= 11 is 0. The lowest BCUT2D eigenvalue weighted by Crippen LogP contribution is -2.45.